The number of ether oxygens (including phenoxy) is 2. The Labute approximate surface area is 223 Å². The van der Waals surface area contributed by atoms with E-state index < -0.39 is 0 Å². The van der Waals surface area contributed by atoms with Crippen molar-refractivity contribution < 1.29 is 19.1 Å². The molecule has 0 unspecified atom stereocenters. The van der Waals surface area contributed by atoms with Crippen molar-refractivity contribution in [1.82, 2.24) is 0 Å². The number of carbonyl (C=O) groups is 2. The summed E-state index contributed by atoms with van der Waals surface area (Å²) in [6.07, 6.45) is 1.79. The molecule has 0 aromatic heterocycles. The van der Waals surface area contributed by atoms with Crippen molar-refractivity contribution in [1.29, 1.82) is 0 Å². The number of benzene rings is 3. The minimum absolute atomic E-state index is 0.170. The lowest BCUT2D eigenvalue weighted by Gasteiger charge is -2.14. The van der Waals surface area contributed by atoms with Gasteiger partial charge in [0.15, 0.2) is 18.1 Å². The molecule has 4 rings (SSSR count). The van der Waals surface area contributed by atoms with Gasteiger partial charge in [0, 0.05) is 5.69 Å². The lowest BCUT2D eigenvalue weighted by molar-refractivity contribution is -0.118. The third kappa shape index (κ3) is 5.76. The van der Waals surface area contributed by atoms with E-state index in [1.807, 2.05) is 75.4 Å². The predicted molar refractivity (Wildman–Crippen MR) is 151 cm³/mol. The highest BCUT2D eigenvalue weighted by Crippen LogP contribution is 2.35. The van der Waals surface area contributed by atoms with E-state index in [9.17, 15) is 9.59 Å². The van der Waals surface area contributed by atoms with Gasteiger partial charge < -0.3 is 14.8 Å². The van der Waals surface area contributed by atoms with Crippen molar-refractivity contribution in [3.05, 3.63) is 86.5 Å². The molecule has 36 heavy (non-hydrogen) atoms. The smallest absolute Gasteiger partial charge is 0.280 e. The molecule has 0 bridgehead atoms. The molecule has 7 nitrogen and oxygen atoms in total. The quantitative estimate of drug-likeness (QED) is 0.279. The summed E-state index contributed by atoms with van der Waals surface area (Å²) in [6.45, 7) is 5.62. The van der Waals surface area contributed by atoms with Gasteiger partial charge in [-0.25, -0.2) is 0 Å². The zero-order valence-corrected chi connectivity index (χ0v) is 22.6. The largest absolute Gasteiger partial charge is 0.493 e. The number of nitrogens with one attached hydrogen (secondary N) is 1. The molecule has 0 aliphatic carbocycles. The first-order valence-electron chi connectivity index (χ1n) is 11.3. The molecule has 0 fully saturated rings. The molecule has 1 heterocycles. The number of nitrogens with zero attached hydrogens (tertiary/aromatic N) is 2. The van der Waals surface area contributed by atoms with Crippen LogP contribution in [-0.4, -0.2) is 31.2 Å². The van der Waals surface area contributed by atoms with Gasteiger partial charge in [-0.05, 0) is 91.4 Å². The molecule has 1 aliphatic heterocycles. The van der Waals surface area contributed by atoms with Gasteiger partial charge in [-0.2, -0.15) is 10.1 Å². The maximum absolute atomic E-state index is 13.1. The maximum atomic E-state index is 13.1. The van der Waals surface area contributed by atoms with Crippen LogP contribution in [0.2, 0.25) is 0 Å². The second-order valence-corrected chi connectivity index (χ2v) is 9.60. The van der Waals surface area contributed by atoms with Crippen LogP contribution in [0.5, 0.6) is 11.5 Å². The Balaban J connectivity index is 1.50. The van der Waals surface area contributed by atoms with E-state index in [1.54, 1.807) is 12.1 Å². The highest BCUT2D eigenvalue weighted by Gasteiger charge is 2.29. The van der Waals surface area contributed by atoms with Gasteiger partial charge in [0.25, 0.3) is 11.8 Å². The fourth-order valence-corrected chi connectivity index (χ4v) is 4.43. The molecule has 2 amide bonds. The molecule has 0 radical (unpaired) electrons. The molecular formula is C28H26IN3O4. The Morgan fingerprint density at radius 2 is 1.67 bits per heavy atom. The third-order valence-electron chi connectivity index (χ3n) is 5.59. The van der Waals surface area contributed by atoms with E-state index in [0.29, 0.717) is 34.2 Å². The molecule has 0 saturated heterocycles. The van der Waals surface area contributed by atoms with E-state index >= 15 is 0 Å². The minimum atomic E-state index is -0.275. The lowest BCUT2D eigenvalue weighted by Crippen LogP contribution is -2.21. The average Bonchev–Trinajstić information content (AvgIpc) is 3.13. The molecule has 0 atom stereocenters. The Hall–Kier alpha value is -3.66. The summed E-state index contributed by atoms with van der Waals surface area (Å²) >= 11 is 2.13. The molecule has 1 aliphatic rings. The number of carbonyl (C=O) groups excluding carboxylic acids is 2. The normalized spacial score (nSPS) is 14.1. The average molecular weight is 595 g/mol. The molecule has 0 spiro atoms. The summed E-state index contributed by atoms with van der Waals surface area (Å²) in [7, 11) is 1.54. The first-order valence-corrected chi connectivity index (χ1v) is 12.4. The zero-order valence-electron chi connectivity index (χ0n) is 20.5. The highest BCUT2D eigenvalue weighted by molar-refractivity contribution is 14.1. The Bertz CT molecular complexity index is 1360. The summed E-state index contributed by atoms with van der Waals surface area (Å²) < 4.78 is 12.1. The van der Waals surface area contributed by atoms with Crippen LogP contribution >= 0.6 is 22.6 Å². The third-order valence-corrected chi connectivity index (χ3v) is 6.39. The summed E-state index contributed by atoms with van der Waals surface area (Å²) in [5.41, 5.74) is 5.53. The number of hydrogen-bond acceptors (Lipinski definition) is 5. The second-order valence-electron chi connectivity index (χ2n) is 8.43. The minimum Gasteiger partial charge on any atom is -0.493 e. The number of amides is 2. The van der Waals surface area contributed by atoms with Gasteiger partial charge in [0.2, 0.25) is 0 Å². The second kappa shape index (κ2) is 10.9. The van der Waals surface area contributed by atoms with Crippen molar-refractivity contribution in [2.24, 2.45) is 5.10 Å². The summed E-state index contributed by atoms with van der Waals surface area (Å²) in [4.78, 5) is 25.5. The fraction of sp³-hybridized carbons (Fsp3) is 0.179. The van der Waals surface area contributed by atoms with E-state index in [0.717, 1.165) is 20.3 Å². The maximum Gasteiger partial charge on any atom is 0.280 e. The van der Waals surface area contributed by atoms with Crippen LogP contribution in [0.4, 0.5) is 11.4 Å². The summed E-state index contributed by atoms with van der Waals surface area (Å²) in [5, 5.41) is 8.67. The number of hydrogen-bond donors (Lipinski definition) is 1. The standard InChI is InChI=1S/C28H26IN3O4/c1-17-5-9-21(10-6-17)30-26(33)16-36-27-24(29)14-20(15-25(27)35-4)13-23-19(3)31-32(28(23)34)22-11-7-18(2)8-12-22/h5-15H,16H2,1-4H3,(H,30,33). The molecule has 3 aromatic carbocycles. The van der Waals surface area contributed by atoms with Crippen LogP contribution in [0, 0.1) is 17.4 Å². The van der Waals surface area contributed by atoms with Crippen molar-refractivity contribution in [3.8, 4) is 11.5 Å². The zero-order chi connectivity index (χ0) is 25.8. The molecule has 0 saturated carbocycles. The van der Waals surface area contributed by atoms with Crippen molar-refractivity contribution >= 4 is 57.6 Å². The lowest BCUT2D eigenvalue weighted by atomic mass is 10.1. The van der Waals surface area contributed by atoms with E-state index in [2.05, 4.69) is 33.0 Å². The van der Waals surface area contributed by atoms with Gasteiger partial charge in [0.1, 0.15) is 0 Å². The molecular weight excluding hydrogens is 569 g/mol. The van der Waals surface area contributed by atoms with E-state index in [4.69, 9.17) is 9.47 Å². The van der Waals surface area contributed by atoms with Gasteiger partial charge in [-0.3, -0.25) is 9.59 Å². The predicted octanol–water partition coefficient (Wildman–Crippen LogP) is 5.74. The van der Waals surface area contributed by atoms with Gasteiger partial charge in [0.05, 0.1) is 27.7 Å². The van der Waals surface area contributed by atoms with Crippen LogP contribution in [0.15, 0.2) is 71.3 Å². The molecule has 184 valence electrons. The molecule has 3 aromatic rings. The van der Waals surface area contributed by atoms with Crippen LogP contribution in [0.1, 0.15) is 23.6 Å². The Morgan fingerprint density at radius 1 is 1.03 bits per heavy atom. The first-order chi connectivity index (χ1) is 17.2. The number of anilines is 2. The number of methoxy groups -OCH3 is 1. The molecule has 1 N–H and O–H groups in total. The number of rotatable bonds is 7. The summed E-state index contributed by atoms with van der Waals surface area (Å²) in [5.74, 6) is 0.456. The van der Waals surface area contributed by atoms with Gasteiger partial charge in [-0.15, -0.1) is 0 Å². The monoisotopic (exact) mass is 595 g/mol. The van der Waals surface area contributed by atoms with Crippen molar-refractivity contribution in [2.45, 2.75) is 20.8 Å². The van der Waals surface area contributed by atoms with E-state index in [1.165, 1.54) is 12.1 Å². The summed E-state index contributed by atoms with van der Waals surface area (Å²) in [6, 6.07) is 18.8. The Kier molecular flexibility index (Phi) is 7.73. The van der Waals surface area contributed by atoms with Crippen LogP contribution < -0.4 is 19.8 Å². The highest BCUT2D eigenvalue weighted by atomic mass is 127. The fourth-order valence-electron chi connectivity index (χ4n) is 3.65. The SMILES string of the molecule is COc1cc(C=C2C(=O)N(c3ccc(C)cc3)N=C2C)cc(I)c1OCC(=O)Nc1ccc(C)cc1. The Morgan fingerprint density at radius 3 is 2.31 bits per heavy atom. The van der Waals surface area contributed by atoms with Gasteiger partial charge >= 0.3 is 0 Å². The topological polar surface area (TPSA) is 80.2 Å². The van der Waals surface area contributed by atoms with Crippen LogP contribution in [-0.2, 0) is 9.59 Å². The first kappa shape index (κ1) is 25.4. The van der Waals surface area contributed by atoms with Crippen LogP contribution in [0.25, 0.3) is 6.08 Å². The molecule has 8 heteroatoms. The number of halogens is 1. The van der Waals surface area contributed by atoms with Crippen molar-refractivity contribution in [2.75, 3.05) is 24.0 Å². The van der Waals surface area contributed by atoms with Gasteiger partial charge in [-0.1, -0.05) is 35.4 Å². The number of hydrazone groups is 1. The van der Waals surface area contributed by atoms with E-state index in [-0.39, 0.29) is 18.4 Å². The number of aryl methyl sites for hydroxylation is 2. The van der Waals surface area contributed by atoms with Crippen LogP contribution in [0.3, 0.4) is 0 Å². The van der Waals surface area contributed by atoms with Crippen molar-refractivity contribution in [3.63, 3.8) is 0 Å².